The number of hydrogen-bond acceptors (Lipinski definition) is 4. The van der Waals surface area contributed by atoms with Crippen molar-refractivity contribution < 1.29 is 13.2 Å². The first kappa shape index (κ1) is 19.2. The molecule has 28 heavy (non-hydrogen) atoms. The third-order valence-corrected chi connectivity index (χ3v) is 7.34. The van der Waals surface area contributed by atoms with Crippen LogP contribution in [0.5, 0.6) is 0 Å². The Kier molecular flexibility index (Phi) is 5.27. The average molecular weight is 477 g/mol. The molecule has 0 bridgehead atoms. The number of nitrogens with one attached hydrogen (secondary N) is 1. The fourth-order valence-electron chi connectivity index (χ4n) is 3.21. The van der Waals surface area contributed by atoms with Crippen molar-refractivity contribution in [3.63, 3.8) is 0 Å². The van der Waals surface area contributed by atoms with E-state index >= 15 is 0 Å². The van der Waals surface area contributed by atoms with Crippen LogP contribution in [-0.2, 0) is 16.4 Å². The lowest BCUT2D eigenvalue weighted by atomic mass is 10.0. The van der Waals surface area contributed by atoms with Gasteiger partial charge in [-0.05, 0) is 66.2 Å². The molecule has 4 rings (SSSR count). The quantitative estimate of drug-likeness (QED) is 0.581. The second-order valence-corrected chi connectivity index (χ2v) is 9.99. The second-order valence-electron chi connectivity index (χ2n) is 6.44. The molecule has 1 aromatic heterocycles. The second kappa shape index (κ2) is 7.69. The third-order valence-electron chi connectivity index (χ3n) is 4.56. The summed E-state index contributed by atoms with van der Waals surface area (Å²) in [6.07, 6.45) is 1.75. The zero-order valence-corrected chi connectivity index (χ0v) is 18.0. The fourth-order valence-corrected chi connectivity index (χ4v) is 5.20. The topological polar surface area (TPSA) is 66.5 Å². The van der Waals surface area contributed by atoms with Crippen LogP contribution in [0.3, 0.4) is 0 Å². The van der Waals surface area contributed by atoms with E-state index in [9.17, 15) is 13.2 Å². The van der Waals surface area contributed by atoms with Crippen LogP contribution in [0.4, 0.5) is 11.4 Å². The molecule has 0 aliphatic carbocycles. The Hall–Kier alpha value is -2.16. The van der Waals surface area contributed by atoms with Crippen molar-refractivity contribution in [1.29, 1.82) is 0 Å². The minimum absolute atomic E-state index is 0.0520. The summed E-state index contributed by atoms with van der Waals surface area (Å²) in [4.78, 5) is 15.5. The van der Waals surface area contributed by atoms with Gasteiger partial charge in [-0.1, -0.05) is 28.1 Å². The van der Waals surface area contributed by atoms with Crippen molar-refractivity contribution in [2.45, 2.75) is 17.7 Å². The molecule has 8 heteroatoms. The molecule has 0 spiro atoms. The summed E-state index contributed by atoms with van der Waals surface area (Å²) in [5.41, 5.74) is 2.25. The molecule has 2 aromatic carbocycles. The number of rotatable bonds is 4. The van der Waals surface area contributed by atoms with Gasteiger partial charge in [-0.25, -0.2) is 8.42 Å². The van der Waals surface area contributed by atoms with Crippen LogP contribution < -0.4 is 9.62 Å². The lowest BCUT2D eigenvalue weighted by Gasteiger charge is -2.29. The number of carbonyl (C=O) groups excluding carboxylic acids is 1. The molecular weight excluding hydrogens is 460 g/mol. The summed E-state index contributed by atoms with van der Waals surface area (Å²) < 4.78 is 28.8. The number of fused-ring (bicyclic) bond motifs is 1. The van der Waals surface area contributed by atoms with E-state index in [1.807, 2.05) is 17.5 Å². The molecule has 3 aromatic rings. The maximum atomic E-state index is 12.9. The van der Waals surface area contributed by atoms with E-state index < -0.39 is 10.0 Å². The van der Waals surface area contributed by atoms with Crippen molar-refractivity contribution in [1.82, 2.24) is 0 Å². The van der Waals surface area contributed by atoms with Gasteiger partial charge < -0.3 is 4.90 Å². The number of amides is 1. The molecule has 144 valence electrons. The monoisotopic (exact) mass is 476 g/mol. The number of nitrogens with zero attached hydrogens (tertiary/aromatic N) is 1. The van der Waals surface area contributed by atoms with Gasteiger partial charge in [0.1, 0.15) is 0 Å². The summed E-state index contributed by atoms with van der Waals surface area (Å²) in [5, 5.41) is 1.88. The van der Waals surface area contributed by atoms with Crippen molar-refractivity contribution in [3.05, 3.63) is 74.9 Å². The molecular formula is C20H17BrN2O3S2. The Bertz CT molecular complexity index is 1110. The van der Waals surface area contributed by atoms with E-state index in [0.29, 0.717) is 17.1 Å². The zero-order valence-electron chi connectivity index (χ0n) is 14.8. The van der Waals surface area contributed by atoms with E-state index in [1.54, 1.807) is 35.2 Å². The molecule has 5 nitrogen and oxygen atoms in total. The first-order chi connectivity index (χ1) is 13.4. The summed E-state index contributed by atoms with van der Waals surface area (Å²) in [6.45, 7) is 0.618. The summed E-state index contributed by atoms with van der Waals surface area (Å²) in [7, 11) is -3.71. The number of thiophene rings is 1. The van der Waals surface area contributed by atoms with Gasteiger partial charge in [-0.3, -0.25) is 9.52 Å². The van der Waals surface area contributed by atoms with Gasteiger partial charge in [0.2, 0.25) is 0 Å². The van der Waals surface area contributed by atoms with Crippen LogP contribution in [0.25, 0.3) is 0 Å². The SMILES string of the molecule is O=C(c1cccs1)N1CCCc2ccc(NS(=O)(=O)c3ccc(Br)cc3)cc21. The van der Waals surface area contributed by atoms with Gasteiger partial charge in [0.05, 0.1) is 15.5 Å². The first-order valence-electron chi connectivity index (χ1n) is 8.71. The predicted octanol–water partition coefficient (Wildman–Crippen LogP) is 4.90. The first-order valence-corrected chi connectivity index (χ1v) is 11.9. The van der Waals surface area contributed by atoms with Crippen molar-refractivity contribution in [3.8, 4) is 0 Å². The number of carbonyl (C=O) groups is 1. The van der Waals surface area contributed by atoms with Gasteiger partial charge in [-0.15, -0.1) is 11.3 Å². The highest BCUT2D eigenvalue weighted by Gasteiger charge is 2.25. The van der Waals surface area contributed by atoms with Gasteiger partial charge in [0.15, 0.2) is 0 Å². The van der Waals surface area contributed by atoms with Gasteiger partial charge >= 0.3 is 0 Å². The highest BCUT2D eigenvalue weighted by atomic mass is 79.9. The molecule has 1 aliphatic heterocycles. The highest BCUT2D eigenvalue weighted by Crippen LogP contribution is 2.32. The molecule has 1 amide bonds. The number of halogens is 1. The van der Waals surface area contributed by atoms with Crippen LogP contribution in [0.15, 0.2) is 69.3 Å². The molecule has 0 fully saturated rings. The largest absolute Gasteiger partial charge is 0.307 e. The number of aryl methyl sites for hydroxylation is 1. The van der Waals surface area contributed by atoms with Crippen LogP contribution in [0.2, 0.25) is 0 Å². The summed E-state index contributed by atoms with van der Waals surface area (Å²) in [6, 6.07) is 15.5. The fraction of sp³-hybridized carbons (Fsp3) is 0.150. The molecule has 1 aliphatic rings. The average Bonchev–Trinajstić information content (AvgIpc) is 3.22. The molecule has 0 radical (unpaired) electrons. The maximum absolute atomic E-state index is 12.9. The molecule has 1 N–H and O–H groups in total. The number of hydrogen-bond donors (Lipinski definition) is 1. The van der Waals surface area contributed by atoms with Crippen LogP contribution in [0, 0.1) is 0 Å². The van der Waals surface area contributed by atoms with Gasteiger partial charge in [-0.2, -0.15) is 0 Å². The molecule has 0 saturated heterocycles. The number of sulfonamides is 1. The maximum Gasteiger partial charge on any atom is 0.268 e. The van der Waals surface area contributed by atoms with Crippen molar-refractivity contribution >= 4 is 54.6 Å². The Morgan fingerprint density at radius 3 is 2.61 bits per heavy atom. The van der Waals surface area contributed by atoms with E-state index in [-0.39, 0.29) is 10.8 Å². The Balaban J connectivity index is 1.65. The Morgan fingerprint density at radius 1 is 1.11 bits per heavy atom. The normalized spacial score (nSPS) is 13.8. The third kappa shape index (κ3) is 3.85. The minimum Gasteiger partial charge on any atom is -0.307 e. The van der Waals surface area contributed by atoms with Crippen LogP contribution in [0.1, 0.15) is 21.7 Å². The molecule has 0 atom stereocenters. The molecule has 2 heterocycles. The standard InChI is InChI=1S/C20H17BrN2O3S2/c21-15-6-9-17(10-7-15)28(25,26)22-16-8-5-14-3-1-11-23(18(14)13-16)20(24)19-4-2-12-27-19/h2,4-10,12-13,22H,1,3,11H2. The highest BCUT2D eigenvalue weighted by molar-refractivity contribution is 9.10. The lowest BCUT2D eigenvalue weighted by Crippen LogP contribution is -2.35. The van der Waals surface area contributed by atoms with E-state index in [4.69, 9.17) is 0 Å². The summed E-state index contributed by atoms with van der Waals surface area (Å²) >= 11 is 4.71. The van der Waals surface area contributed by atoms with Gasteiger partial charge in [0, 0.05) is 16.7 Å². The van der Waals surface area contributed by atoms with Crippen LogP contribution in [-0.4, -0.2) is 20.9 Å². The number of benzene rings is 2. The van der Waals surface area contributed by atoms with E-state index in [2.05, 4.69) is 20.7 Å². The van der Waals surface area contributed by atoms with E-state index in [0.717, 1.165) is 28.6 Å². The van der Waals surface area contributed by atoms with Crippen molar-refractivity contribution in [2.24, 2.45) is 0 Å². The van der Waals surface area contributed by atoms with Gasteiger partial charge in [0.25, 0.3) is 15.9 Å². The predicted molar refractivity (Wildman–Crippen MR) is 116 cm³/mol. The zero-order chi connectivity index (χ0) is 19.7. The smallest absolute Gasteiger partial charge is 0.268 e. The van der Waals surface area contributed by atoms with Crippen molar-refractivity contribution in [2.75, 3.05) is 16.2 Å². The van der Waals surface area contributed by atoms with E-state index in [1.165, 1.54) is 23.5 Å². The minimum atomic E-state index is -3.71. The molecule has 0 saturated carbocycles. The summed E-state index contributed by atoms with van der Waals surface area (Å²) in [5.74, 6) is -0.0520. The molecule has 0 unspecified atom stereocenters. The Morgan fingerprint density at radius 2 is 1.89 bits per heavy atom. The Labute approximate surface area is 176 Å². The number of anilines is 2. The van der Waals surface area contributed by atoms with Crippen LogP contribution >= 0.6 is 27.3 Å². The lowest BCUT2D eigenvalue weighted by molar-refractivity contribution is 0.0989.